The number of amides is 1. The van der Waals surface area contributed by atoms with E-state index in [1.54, 1.807) is 26.0 Å². The van der Waals surface area contributed by atoms with E-state index >= 15 is 0 Å². The molecule has 0 aliphatic rings. The van der Waals surface area contributed by atoms with Crippen molar-refractivity contribution in [2.75, 3.05) is 18.9 Å². The van der Waals surface area contributed by atoms with Crippen LogP contribution in [0.2, 0.25) is 0 Å². The lowest BCUT2D eigenvalue weighted by molar-refractivity contribution is -0.123. The Morgan fingerprint density at radius 2 is 1.95 bits per heavy atom. The van der Waals surface area contributed by atoms with E-state index in [1.165, 1.54) is 19.2 Å². The van der Waals surface area contributed by atoms with Gasteiger partial charge in [-0.15, -0.1) is 12.4 Å². The van der Waals surface area contributed by atoms with Gasteiger partial charge in [0.1, 0.15) is 0 Å². The first-order valence-corrected chi connectivity index (χ1v) is 7.26. The molecule has 4 N–H and O–H groups in total. The predicted octanol–water partition coefficient (Wildman–Crippen LogP) is 0.940. The zero-order valence-electron chi connectivity index (χ0n) is 11.6. The van der Waals surface area contributed by atoms with Gasteiger partial charge in [0.25, 0.3) is 0 Å². The Labute approximate surface area is 125 Å². The average Bonchev–Trinajstić information content (AvgIpc) is 2.39. The highest BCUT2D eigenvalue weighted by atomic mass is 35.5. The Morgan fingerprint density at radius 1 is 1.35 bits per heavy atom. The summed E-state index contributed by atoms with van der Waals surface area (Å²) in [5.74, 6) is -0.256. The Bertz CT molecular complexity index is 573. The van der Waals surface area contributed by atoms with Crippen LogP contribution in [0, 0.1) is 5.41 Å². The molecule has 0 fully saturated rings. The molecule has 20 heavy (non-hydrogen) atoms. The van der Waals surface area contributed by atoms with Crippen LogP contribution >= 0.6 is 12.4 Å². The van der Waals surface area contributed by atoms with Crippen LogP contribution in [0.25, 0.3) is 0 Å². The number of nitrogens with two attached hydrogens (primary N) is 1. The first-order chi connectivity index (χ1) is 8.73. The molecule has 0 radical (unpaired) electrons. The molecule has 1 amide bonds. The van der Waals surface area contributed by atoms with Gasteiger partial charge < -0.3 is 11.1 Å². The lowest BCUT2D eigenvalue weighted by Gasteiger charge is -2.21. The fourth-order valence-corrected chi connectivity index (χ4v) is 2.03. The van der Waals surface area contributed by atoms with Crippen molar-refractivity contribution in [3.05, 3.63) is 24.3 Å². The molecule has 0 aliphatic carbocycles. The summed E-state index contributed by atoms with van der Waals surface area (Å²) in [5, 5.41) is 2.66. The second-order valence-electron chi connectivity index (χ2n) is 4.78. The van der Waals surface area contributed by atoms with E-state index in [-0.39, 0.29) is 29.8 Å². The molecule has 0 saturated carbocycles. The minimum Gasteiger partial charge on any atom is -0.329 e. The molecule has 0 saturated heterocycles. The molecule has 0 aromatic heterocycles. The zero-order chi connectivity index (χ0) is 14.7. The van der Waals surface area contributed by atoms with Crippen LogP contribution in [0.3, 0.4) is 0 Å². The molecule has 1 rings (SSSR count). The van der Waals surface area contributed by atoms with Crippen LogP contribution in [-0.4, -0.2) is 27.9 Å². The summed E-state index contributed by atoms with van der Waals surface area (Å²) in [6.45, 7) is 3.64. The molecular weight excluding hydrogens is 302 g/mol. The van der Waals surface area contributed by atoms with Gasteiger partial charge in [-0.05, 0) is 39.1 Å². The third kappa shape index (κ3) is 4.45. The van der Waals surface area contributed by atoms with E-state index in [2.05, 4.69) is 10.0 Å². The Hall–Kier alpha value is -1.15. The average molecular weight is 322 g/mol. The third-order valence-electron chi connectivity index (χ3n) is 2.80. The molecule has 0 spiro atoms. The van der Waals surface area contributed by atoms with Crippen molar-refractivity contribution >= 4 is 34.0 Å². The second kappa shape index (κ2) is 7.03. The quantitative estimate of drug-likeness (QED) is 0.751. The smallest absolute Gasteiger partial charge is 0.240 e. The maximum Gasteiger partial charge on any atom is 0.240 e. The highest BCUT2D eigenvalue weighted by molar-refractivity contribution is 7.89. The minimum absolute atomic E-state index is 0. The minimum atomic E-state index is -3.52. The first kappa shape index (κ1) is 18.9. The van der Waals surface area contributed by atoms with Gasteiger partial charge >= 0.3 is 0 Å². The molecule has 0 atom stereocenters. The van der Waals surface area contributed by atoms with Crippen LogP contribution in [-0.2, 0) is 14.8 Å². The lowest BCUT2D eigenvalue weighted by atomic mass is 9.92. The van der Waals surface area contributed by atoms with Gasteiger partial charge in [0.2, 0.25) is 15.9 Å². The normalized spacial score (nSPS) is 11.6. The fraction of sp³-hybridized carbons (Fsp3) is 0.417. The second-order valence-corrected chi connectivity index (χ2v) is 6.66. The van der Waals surface area contributed by atoms with Crippen LogP contribution in [0.15, 0.2) is 29.2 Å². The van der Waals surface area contributed by atoms with E-state index in [1.807, 2.05) is 0 Å². The van der Waals surface area contributed by atoms with E-state index < -0.39 is 15.4 Å². The number of nitrogens with one attached hydrogen (secondary N) is 2. The van der Waals surface area contributed by atoms with E-state index in [0.717, 1.165) is 0 Å². The summed E-state index contributed by atoms with van der Waals surface area (Å²) >= 11 is 0. The van der Waals surface area contributed by atoms with E-state index in [4.69, 9.17) is 5.73 Å². The van der Waals surface area contributed by atoms with Crippen LogP contribution in [0.4, 0.5) is 5.69 Å². The van der Waals surface area contributed by atoms with Crippen molar-refractivity contribution in [2.45, 2.75) is 18.7 Å². The van der Waals surface area contributed by atoms with Crippen LogP contribution in [0.1, 0.15) is 13.8 Å². The molecule has 0 unspecified atom stereocenters. The molecule has 1 aromatic carbocycles. The highest BCUT2D eigenvalue weighted by Gasteiger charge is 2.26. The molecule has 0 heterocycles. The number of benzene rings is 1. The number of anilines is 1. The largest absolute Gasteiger partial charge is 0.329 e. The van der Waals surface area contributed by atoms with Crippen LogP contribution < -0.4 is 15.8 Å². The monoisotopic (exact) mass is 321 g/mol. The number of carbonyl (C=O) groups is 1. The molecule has 0 aliphatic heterocycles. The zero-order valence-corrected chi connectivity index (χ0v) is 13.3. The Morgan fingerprint density at radius 3 is 2.45 bits per heavy atom. The summed E-state index contributed by atoms with van der Waals surface area (Å²) in [6.07, 6.45) is 0. The third-order valence-corrected chi connectivity index (χ3v) is 4.21. The van der Waals surface area contributed by atoms with Gasteiger partial charge in [-0.3, -0.25) is 4.79 Å². The summed E-state index contributed by atoms with van der Waals surface area (Å²) in [7, 11) is -2.19. The van der Waals surface area contributed by atoms with Gasteiger partial charge in [0.15, 0.2) is 0 Å². The van der Waals surface area contributed by atoms with Crippen molar-refractivity contribution < 1.29 is 13.2 Å². The lowest BCUT2D eigenvalue weighted by Crippen LogP contribution is -2.37. The topological polar surface area (TPSA) is 101 Å². The van der Waals surface area contributed by atoms with Crippen molar-refractivity contribution in [1.29, 1.82) is 0 Å². The Kier molecular flexibility index (Phi) is 6.63. The standard InChI is InChI=1S/C12H19N3O3S.ClH/c1-12(2,8-13)11(16)15-9-5-4-6-10(7-9)19(17,18)14-3;/h4-7,14H,8,13H2,1-3H3,(H,15,16);1H. The number of hydrogen-bond acceptors (Lipinski definition) is 4. The molecular formula is C12H20ClN3O3S. The van der Waals surface area contributed by atoms with Gasteiger partial charge in [0.05, 0.1) is 10.3 Å². The molecule has 8 heteroatoms. The highest BCUT2D eigenvalue weighted by Crippen LogP contribution is 2.19. The number of sulfonamides is 1. The van der Waals surface area contributed by atoms with Crippen LogP contribution in [0.5, 0.6) is 0 Å². The maximum absolute atomic E-state index is 11.9. The number of carbonyl (C=O) groups excluding carboxylic acids is 1. The van der Waals surface area contributed by atoms with E-state index in [0.29, 0.717) is 5.69 Å². The number of halogens is 1. The first-order valence-electron chi connectivity index (χ1n) is 5.78. The summed E-state index contributed by atoms with van der Waals surface area (Å²) < 4.78 is 25.5. The fourth-order valence-electron chi connectivity index (χ4n) is 1.25. The molecule has 6 nitrogen and oxygen atoms in total. The van der Waals surface area contributed by atoms with Gasteiger partial charge in [0, 0.05) is 12.2 Å². The number of hydrogen-bond donors (Lipinski definition) is 3. The van der Waals surface area contributed by atoms with Crippen molar-refractivity contribution in [1.82, 2.24) is 4.72 Å². The van der Waals surface area contributed by atoms with Gasteiger partial charge in [-0.25, -0.2) is 13.1 Å². The predicted molar refractivity (Wildman–Crippen MR) is 81.4 cm³/mol. The molecule has 1 aromatic rings. The summed E-state index contributed by atoms with van der Waals surface area (Å²) in [4.78, 5) is 12.0. The Balaban J connectivity index is 0.00000361. The van der Waals surface area contributed by atoms with Gasteiger partial charge in [-0.2, -0.15) is 0 Å². The molecule has 0 bridgehead atoms. The summed E-state index contributed by atoms with van der Waals surface area (Å²) in [6, 6.07) is 6.04. The van der Waals surface area contributed by atoms with Crippen molar-refractivity contribution in [3.63, 3.8) is 0 Å². The van der Waals surface area contributed by atoms with Crippen molar-refractivity contribution in [2.24, 2.45) is 11.1 Å². The van der Waals surface area contributed by atoms with Gasteiger partial charge in [-0.1, -0.05) is 6.07 Å². The number of rotatable bonds is 5. The van der Waals surface area contributed by atoms with Crippen molar-refractivity contribution in [3.8, 4) is 0 Å². The SMILES string of the molecule is CNS(=O)(=O)c1cccc(NC(=O)C(C)(C)CN)c1.Cl. The summed E-state index contributed by atoms with van der Waals surface area (Å²) in [5.41, 5.74) is 5.22. The maximum atomic E-state index is 11.9. The van der Waals surface area contributed by atoms with E-state index in [9.17, 15) is 13.2 Å². The molecule has 114 valence electrons.